The number of imidazole rings is 1. The lowest BCUT2D eigenvalue weighted by Crippen LogP contribution is -2.29. The van der Waals surface area contributed by atoms with Crippen molar-refractivity contribution < 1.29 is 14.6 Å². The highest BCUT2D eigenvalue weighted by Crippen LogP contribution is 2.37. The fourth-order valence-electron chi connectivity index (χ4n) is 3.96. The highest BCUT2D eigenvalue weighted by molar-refractivity contribution is 9.10. The number of anilines is 3. The van der Waals surface area contributed by atoms with Crippen molar-refractivity contribution in [2.45, 2.75) is 50.8 Å². The first kappa shape index (κ1) is 24.0. The van der Waals surface area contributed by atoms with Crippen LogP contribution in [0.1, 0.15) is 32.1 Å². The number of benzene rings is 1. The predicted octanol–water partition coefficient (Wildman–Crippen LogP) is 4.75. The minimum atomic E-state index is -0.218. The molecule has 0 amide bonds. The van der Waals surface area contributed by atoms with Gasteiger partial charge in [0.25, 0.3) is 0 Å². The Morgan fingerprint density at radius 1 is 1.21 bits per heavy atom. The molecule has 2 aromatic heterocycles. The molecule has 0 spiro atoms. The number of hydrogen-bond donors (Lipinski definition) is 3. The van der Waals surface area contributed by atoms with Gasteiger partial charge in [0.2, 0.25) is 5.95 Å². The van der Waals surface area contributed by atoms with Gasteiger partial charge in [-0.2, -0.15) is 9.97 Å². The van der Waals surface area contributed by atoms with Crippen molar-refractivity contribution >= 4 is 56.1 Å². The monoisotopic (exact) mass is 538 g/mol. The SMILES string of the molecule is COCCCn1cnc2c(Nc3cc(Br)c(Cl)c(OC)c3)nc(NC3CCC(O)CC3)nc21. The maximum Gasteiger partial charge on any atom is 0.227 e. The van der Waals surface area contributed by atoms with Crippen LogP contribution in [0.4, 0.5) is 17.5 Å². The first-order chi connectivity index (χ1) is 16.0. The quantitative estimate of drug-likeness (QED) is 0.335. The molecule has 2 heterocycles. The number of aliphatic hydroxyl groups excluding tert-OH is 1. The van der Waals surface area contributed by atoms with Gasteiger partial charge >= 0.3 is 0 Å². The highest BCUT2D eigenvalue weighted by Gasteiger charge is 2.21. The van der Waals surface area contributed by atoms with Crippen LogP contribution in [-0.2, 0) is 11.3 Å². The average molecular weight is 540 g/mol. The summed E-state index contributed by atoms with van der Waals surface area (Å²) in [5, 5.41) is 17.1. The number of nitrogens with zero attached hydrogens (tertiary/aromatic N) is 4. The molecule has 0 radical (unpaired) electrons. The van der Waals surface area contributed by atoms with Crippen molar-refractivity contribution in [2.75, 3.05) is 31.5 Å². The molecule has 1 aromatic carbocycles. The largest absolute Gasteiger partial charge is 0.495 e. The van der Waals surface area contributed by atoms with Gasteiger partial charge in [-0.05, 0) is 54.1 Å². The smallest absolute Gasteiger partial charge is 0.227 e. The van der Waals surface area contributed by atoms with Crippen LogP contribution in [0, 0.1) is 0 Å². The summed E-state index contributed by atoms with van der Waals surface area (Å²) >= 11 is 9.77. The number of halogens is 2. The first-order valence-corrected chi connectivity index (χ1v) is 12.1. The molecule has 3 N–H and O–H groups in total. The molecule has 3 aromatic rings. The molecule has 1 aliphatic carbocycles. The van der Waals surface area contributed by atoms with Gasteiger partial charge in [0, 0.05) is 42.5 Å². The standard InChI is InChI=1S/C22H28BrClN6O3/c1-32-9-3-8-30-12-25-19-20(26-14-10-16(23)18(24)17(11-14)33-2)28-22(29-21(19)30)27-13-4-6-15(31)7-5-13/h10-13,15,31H,3-9H2,1-2H3,(H2,26,27,28,29). The number of aryl methyl sites for hydroxylation is 1. The second-order valence-corrected chi connectivity index (χ2v) is 9.33. The first-order valence-electron chi connectivity index (χ1n) is 10.9. The minimum absolute atomic E-state index is 0.216. The van der Waals surface area contributed by atoms with Crippen LogP contribution in [0.25, 0.3) is 11.2 Å². The third kappa shape index (κ3) is 5.68. The maximum absolute atomic E-state index is 9.82. The third-order valence-electron chi connectivity index (χ3n) is 5.72. The van der Waals surface area contributed by atoms with E-state index >= 15 is 0 Å². The van der Waals surface area contributed by atoms with Gasteiger partial charge in [-0.1, -0.05) is 11.6 Å². The molecular weight excluding hydrogens is 512 g/mol. The van der Waals surface area contributed by atoms with E-state index in [1.807, 2.05) is 16.7 Å². The van der Waals surface area contributed by atoms with Gasteiger partial charge in [0.15, 0.2) is 17.0 Å². The van der Waals surface area contributed by atoms with E-state index in [0.29, 0.717) is 39.1 Å². The fourth-order valence-corrected chi connectivity index (χ4v) is 4.59. The van der Waals surface area contributed by atoms with E-state index < -0.39 is 0 Å². The Morgan fingerprint density at radius 2 is 2.00 bits per heavy atom. The molecule has 4 rings (SSSR count). The Kier molecular flexibility index (Phi) is 7.90. The Hall–Kier alpha value is -2.14. The number of nitrogens with one attached hydrogen (secondary N) is 2. The zero-order valence-corrected chi connectivity index (χ0v) is 21.0. The van der Waals surface area contributed by atoms with Gasteiger partial charge in [0.05, 0.1) is 24.6 Å². The van der Waals surface area contributed by atoms with Gasteiger partial charge in [-0.25, -0.2) is 4.98 Å². The van der Waals surface area contributed by atoms with Crippen LogP contribution in [0.2, 0.25) is 5.02 Å². The average Bonchev–Trinajstić information content (AvgIpc) is 3.21. The molecular formula is C22H28BrClN6O3. The molecule has 0 atom stereocenters. The Morgan fingerprint density at radius 3 is 2.73 bits per heavy atom. The second-order valence-electron chi connectivity index (χ2n) is 8.10. The summed E-state index contributed by atoms with van der Waals surface area (Å²) in [6.45, 7) is 1.39. The van der Waals surface area contributed by atoms with Crippen LogP contribution in [0.3, 0.4) is 0 Å². The van der Waals surface area contributed by atoms with E-state index in [9.17, 15) is 5.11 Å². The van der Waals surface area contributed by atoms with E-state index in [-0.39, 0.29) is 12.1 Å². The van der Waals surface area contributed by atoms with E-state index in [4.69, 9.17) is 31.0 Å². The number of methoxy groups -OCH3 is 2. The number of fused-ring (bicyclic) bond motifs is 1. The van der Waals surface area contributed by atoms with E-state index in [0.717, 1.165) is 50.0 Å². The normalized spacial score (nSPS) is 18.5. The summed E-state index contributed by atoms with van der Waals surface area (Å²) in [6.07, 6.45) is 5.71. The summed E-state index contributed by atoms with van der Waals surface area (Å²) in [5.74, 6) is 1.66. The van der Waals surface area contributed by atoms with Gasteiger partial charge < -0.3 is 29.8 Å². The summed E-state index contributed by atoms with van der Waals surface area (Å²) in [4.78, 5) is 14.1. The van der Waals surface area contributed by atoms with Gasteiger partial charge in [-0.3, -0.25) is 0 Å². The molecule has 0 saturated heterocycles. The van der Waals surface area contributed by atoms with E-state index in [1.165, 1.54) is 0 Å². The van der Waals surface area contributed by atoms with Crippen LogP contribution in [0.5, 0.6) is 5.75 Å². The highest BCUT2D eigenvalue weighted by atomic mass is 79.9. The van der Waals surface area contributed by atoms with Crippen LogP contribution in [-0.4, -0.2) is 57.6 Å². The summed E-state index contributed by atoms with van der Waals surface area (Å²) < 4.78 is 13.3. The number of hydrogen-bond acceptors (Lipinski definition) is 8. The lowest BCUT2D eigenvalue weighted by molar-refractivity contribution is 0.126. The zero-order valence-electron chi connectivity index (χ0n) is 18.6. The second kappa shape index (κ2) is 10.9. The lowest BCUT2D eigenvalue weighted by atomic mass is 9.93. The summed E-state index contributed by atoms with van der Waals surface area (Å²) in [7, 11) is 3.27. The van der Waals surface area contributed by atoms with Crippen molar-refractivity contribution in [1.29, 1.82) is 0 Å². The van der Waals surface area contributed by atoms with Crippen molar-refractivity contribution in [2.24, 2.45) is 0 Å². The van der Waals surface area contributed by atoms with Crippen molar-refractivity contribution in [1.82, 2.24) is 19.5 Å². The molecule has 1 aliphatic rings. The topological polar surface area (TPSA) is 106 Å². The Bertz CT molecular complexity index is 1100. The number of aliphatic hydroxyl groups is 1. The van der Waals surface area contributed by atoms with Crippen molar-refractivity contribution in [3.05, 3.63) is 28.0 Å². The maximum atomic E-state index is 9.82. The molecule has 0 unspecified atom stereocenters. The molecule has 0 bridgehead atoms. The van der Waals surface area contributed by atoms with Gasteiger partial charge in [0.1, 0.15) is 5.75 Å². The number of aromatic nitrogens is 4. The molecule has 33 heavy (non-hydrogen) atoms. The molecule has 11 heteroatoms. The molecule has 1 fully saturated rings. The number of ether oxygens (including phenoxy) is 2. The lowest BCUT2D eigenvalue weighted by Gasteiger charge is -2.26. The Labute approximate surface area is 206 Å². The molecule has 178 valence electrons. The van der Waals surface area contributed by atoms with E-state index in [1.54, 1.807) is 20.5 Å². The van der Waals surface area contributed by atoms with Crippen molar-refractivity contribution in [3.8, 4) is 5.75 Å². The summed E-state index contributed by atoms with van der Waals surface area (Å²) in [6, 6.07) is 3.89. The minimum Gasteiger partial charge on any atom is -0.495 e. The number of rotatable bonds is 9. The fraction of sp³-hybridized carbons (Fsp3) is 0.500. The van der Waals surface area contributed by atoms with Crippen LogP contribution < -0.4 is 15.4 Å². The van der Waals surface area contributed by atoms with Gasteiger partial charge in [-0.15, -0.1) is 0 Å². The predicted molar refractivity (Wildman–Crippen MR) is 133 cm³/mol. The molecule has 9 nitrogen and oxygen atoms in total. The van der Waals surface area contributed by atoms with Crippen LogP contribution >= 0.6 is 27.5 Å². The molecule has 1 saturated carbocycles. The van der Waals surface area contributed by atoms with Crippen molar-refractivity contribution in [3.63, 3.8) is 0 Å². The summed E-state index contributed by atoms with van der Waals surface area (Å²) in [5.41, 5.74) is 2.16. The molecule has 0 aliphatic heterocycles. The Balaban J connectivity index is 1.68. The van der Waals surface area contributed by atoms with Crippen LogP contribution in [0.15, 0.2) is 22.9 Å². The third-order valence-corrected chi connectivity index (χ3v) is 6.96. The van der Waals surface area contributed by atoms with E-state index in [2.05, 4.69) is 31.5 Å². The zero-order chi connectivity index (χ0) is 23.4.